The average molecular weight is 328 g/mol. The highest BCUT2D eigenvalue weighted by atomic mass is 35.5. The Bertz CT molecular complexity index is 493. The van der Waals surface area contributed by atoms with Gasteiger partial charge in [0.2, 0.25) is 0 Å². The predicted molar refractivity (Wildman–Crippen MR) is 88.0 cm³/mol. The van der Waals surface area contributed by atoms with E-state index in [9.17, 15) is 4.79 Å². The Kier molecular flexibility index (Phi) is 5.97. The molecule has 1 unspecified atom stereocenters. The highest BCUT2D eigenvalue weighted by Crippen LogP contribution is 2.29. The zero-order chi connectivity index (χ0) is 15.3. The maximum atomic E-state index is 12.0. The Morgan fingerprint density at radius 2 is 2.19 bits per heavy atom. The molecule has 1 N–H and O–H groups in total. The standard InChI is InChI=1S/C16H22ClNO2S/c1-16(15(19)20-2,18-12-8-9-12)10-5-11-21-14-7-4-3-6-13(14)17/h3-4,6-7,12,18H,5,8-11H2,1-2H3. The van der Waals surface area contributed by atoms with Gasteiger partial charge in [-0.15, -0.1) is 11.8 Å². The number of nitrogens with one attached hydrogen (secondary N) is 1. The van der Waals surface area contributed by atoms with Crippen LogP contribution in [0.4, 0.5) is 0 Å². The molecule has 1 aromatic rings. The number of hydrogen-bond donors (Lipinski definition) is 1. The first-order valence-corrected chi connectivity index (χ1v) is 8.65. The van der Waals surface area contributed by atoms with Gasteiger partial charge in [0.05, 0.1) is 12.1 Å². The molecule has 116 valence electrons. The maximum absolute atomic E-state index is 12.0. The molecule has 3 nitrogen and oxygen atoms in total. The third-order valence-corrected chi connectivity index (χ3v) is 5.25. The van der Waals surface area contributed by atoms with Crippen LogP contribution in [0.3, 0.4) is 0 Å². The molecule has 21 heavy (non-hydrogen) atoms. The van der Waals surface area contributed by atoms with Crippen LogP contribution in [0.15, 0.2) is 29.2 Å². The Labute approximate surface area is 135 Å². The molecule has 1 saturated carbocycles. The van der Waals surface area contributed by atoms with Crippen LogP contribution in [0.5, 0.6) is 0 Å². The first-order chi connectivity index (χ1) is 10.0. The van der Waals surface area contributed by atoms with E-state index in [1.165, 1.54) is 7.11 Å². The number of ether oxygens (including phenoxy) is 1. The van der Waals surface area contributed by atoms with Crippen molar-refractivity contribution in [3.8, 4) is 0 Å². The zero-order valence-electron chi connectivity index (χ0n) is 12.5. The zero-order valence-corrected chi connectivity index (χ0v) is 14.1. The Morgan fingerprint density at radius 3 is 2.81 bits per heavy atom. The molecule has 0 aliphatic heterocycles. The Hall–Kier alpha value is -0.710. The van der Waals surface area contributed by atoms with Gasteiger partial charge in [0, 0.05) is 10.9 Å². The van der Waals surface area contributed by atoms with E-state index in [0.29, 0.717) is 6.04 Å². The van der Waals surface area contributed by atoms with E-state index >= 15 is 0 Å². The van der Waals surface area contributed by atoms with Gasteiger partial charge in [0.15, 0.2) is 0 Å². The van der Waals surface area contributed by atoms with E-state index in [4.69, 9.17) is 16.3 Å². The molecule has 0 radical (unpaired) electrons. The fraction of sp³-hybridized carbons (Fsp3) is 0.562. The van der Waals surface area contributed by atoms with E-state index in [1.807, 2.05) is 31.2 Å². The molecular formula is C16H22ClNO2S. The second-order valence-electron chi connectivity index (χ2n) is 5.62. The molecule has 2 rings (SSSR count). The second kappa shape index (κ2) is 7.52. The van der Waals surface area contributed by atoms with Crippen molar-refractivity contribution in [3.63, 3.8) is 0 Å². The average Bonchev–Trinajstić information content (AvgIpc) is 3.28. The minimum atomic E-state index is -0.572. The van der Waals surface area contributed by atoms with Gasteiger partial charge in [0.25, 0.3) is 0 Å². The second-order valence-corrected chi connectivity index (χ2v) is 7.17. The fourth-order valence-electron chi connectivity index (χ4n) is 2.31. The summed E-state index contributed by atoms with van der Waals surface area (Å²) in [5.74, 6) is 0.764. The van der Waals surface area contributed by atoms with Crippen molar-refractivity contribution in [3.05, 3.63) is 29.3 Å². The van der Waals surface area contributed by atoms with Gasteiger partial charge in [-0.2, -0.15) is 0 Å². The van der Waals surface area contributed by atoms with Gasteiger partial charge < -0.3 is 4.74 Å². The van der Waals surface area contributed by atoms with Crippen molar-refractivity contribution in [1.29, 1.82) is 0 Å². The van der Waals surface area contributed by atoms with Crippen LogP contribution in [0.25, 0.3) is 0 Å². The topological polar surface area (TPSA) is 38.3 Å². The van der Waals surface area contributed by atoms with Gasteiger partial charge in [-0.3, -0.25) is 10.1 Å². The van der Waals surface area contributed by atoms with Crippen LogP contribution in [0, 0.1) is 0 Å². The number of thioether (sulfide) groups is 1. The van der Waals surface area contributed by atoms with Crippen molar-refractivity contribution < 1.29 is 9.53 Å². The molecule has 0 amide bonds. The normalized spacial score (nSPS) is 17.3. The summed E-state index contributed by atoms with van der Waals surface area (Å²) >= 11 is 7.87. The number of halogens is 1. The van der Waals surface area contributed by atoms with Crippen LogP contribution in [0.2, 0.25) is 5.02 Å². The molecule has 1 atom stereocenters. The summed E-state index contributed by atoms with van der Waals surface area (Å²) < 4.78 is 4.95. The number of benzene rings is 1. The summed E-state index contributed by atoms with van der Waals surface area (Å²) in [6.45, 7) is 1.94. The third kappa shape index (κ3) is 4.90. The van der Waals surface area contributed by atoms with Crippen LogP contribution >= 0.6 is 23.4 Å². The van der Waals surface area contributed by atoms with Crippen LogP contribution in [-0.2, 0) is 9.53 Å². The van der Waals surface area contributed by atoms with Crippen molar-refractivity contribution in [2.45, 2.75) is 49.1 Å². The molecule has 0 bridgehead atoms. The van der Waals surface area contributed by atoms with Gasteiger partial charge in [-0.25, -0.2) is 0 Å². The van der Waals surface area contributed by atoms with Crippen LogP contribution in [-0.4, -0.2) is 30.4 Å². The number of esters is 1. The van der Waals surface area contributed by atoms with Gasteiger partial charge in [-0.1, -0.05) is 23.7 Å². The van der Waals surface area contributed by atoms with Crippen molar-refractivity contribution in [2.24, 2.45) is 0 Å². The third-order valence-electron chi connectivity index (χ3n) is 3.65. The number of carbonyl (C=O) groups excluding carboxylic acids is 1. The minimum absolute atomic E-state index is 0.169. The highest BCUT2D eigenvalue weighted by Gasteiger charge is 2.38. The summed E-state index contributed by atoms with van der Waals surface area (Å²) in [7, 11) is 1.45. The Balaban J connectivity index is 1.81. The molecule has 1 aromatic carbocycles. The molecule has 0 saturated heterocycles. The summed E-state index contributed by atoms with van der Waals surface area (Å²) in [6, 6.07) is 8.32. The molecule has 5 heteroatoms. The smallest absolute Gasteiger partial charge is 0.325 e. The fourth-order valence-corrected chi connectivity index (χ4v) is 3.49. The number of hydrogen-bond acceptors (Lipinski definition) is 4. The first kappa shape index (κ1) is 16.7. The summed E-state index contributed by atoms with van der Waals surface area (Å²) in [5.41, 5.74) is -0.572. The lowest BCUT2D eigenvalue weighted by molar-refractivity contribution is -0.148. The predicted octanol–water partition coefficient (Wildman–Crippen LogP) is 3.90. The van der Waals surface area contributed by atoms with Crippen LogP contribution < -0.4 is 5.32 Å². The monoisotopic (exact) mass is 327 g/mol. The quantitative estimate of drug-likeness (QED) is 0.446. The van der Waals surface area contributed by atoms with Crippen molar-refractivity contribution in [1.82, 2.24) is 5.32 Å². The van der Waals surface area contributed by atoms with E-state index in [1.54, 1.807) is 11.8 Å². The van der Waals surface area contributed by atoms with E-state index in [-0.39, 0.29) is 5.97 Å². The lowest BCUT2D eigenvalue weighted by atomic mass is 9.96. The lowest BCUT2D eigenvalue weighted by Gasteiger charge is -2.28. The van der Waals surface area contributed by atoms with Gasteiger partial charge >= 0.3 is 5.97 Å². The molecule has 1 aliphatic carbocycles. The molecule has 1 fully saturated rings. The number of rotatable bonds is 8. The van der Waals surface area contributed by atoms with E-state index in [2.05, 4.69) is 5.32 Å². The van der Waals surface area contributed by atoms with Gasteiger partial charge in [0.1, 0.15) is 5.54 Å². The van der Waals surface area contributed by atoms with E-state index in [0.717, 1.165) is 41.4 Å². The van der Waals surface area contributed by atoms with Crippen molar-refractivity contribution >= 4 is 29.3 Å². The lowest BCUT2D eigenvalue weighted by Crippen LogP contribution is -2.51. The Morgan fingerprint density at radius 1 is 1.48 bits per heavy atom. The number of methoxy groups -OCH3 is 1. The number of carbonyl (C=O) groups is 1. The molecule has 0 aromatic heterocycles. The summed E-state index contributed by atoms with van der Waals surface area (Å²) in [4.78, 5) is 13.1. The minimum Gasteiger partial charge on any atom is -0.468 e. The van der Waals surface area contributed by atoms with Crippen LogP contribution in [0.1, 0.15) is 32.6 Å². The summed E-state index contributed by atoms with van der Waals surface area (Å²) in [5, 5.41) is 4.20. The van der Waals surface area contributed by atoms with E-state index < -0.39 is 5.54 Å². The molecule has 0 heterocycles. The summed E-state index contributed by atoms with van der Waals surface area (Å²) in [6.07, 6.45) is 4.01. The molecule has 1 aliphatic rings. The maximum Gasteiger partial charge on any atom is 0.325 e. The largest absolute Gasteiger partial charge is 0.468 e. The molecule has 0 spiro atoms. The van der Waals surface area contributed by atoms with Crippen molar-refractivity contribution in [2.75, 3.05) is 12.9 Å². The first-order valence-electron chi connectivity index (χ1n) is 7.28. The molecular weight excluding hydrogens is 306 g/mol. The van der Waals surface area contributed by atoms with Gasteiger partial charge in [-0.05, 0) is 50.5 Å². The highest BCUT2D eigenvalue weighted by molar-refractivity contribution is 7.99. The SMILES string of the molecule is COC(=O)C(C)(CCCSc1ccccc1Cl)NC1CC1.